The topological polar surface area (TPSA) is 85.4 Å². The minimum absolute atomic E-state index is 0.252. The molecule has 0 atom stereocenters. The van der Waals surface area contributed by atoms with Crippen LogP contribution in [0.5, 0.6) is 5.88 Å². The van der Waals surface area contributed by atoms with Crippen molar-refractivity contribution < 1.29 is 9.53 Å². The summed E-state index contributed by atoms with van der Waals surface area (Å²) in [6, 6.07) is 16.0. The number of hydrogen-bond donors (Lipinski definition) is 2. The monoisotopic (exact) mass is 371 g/mol. The molecule has 0 saturated heterocycles. The maximum atomic E-state index is 11.7. The lowest BCUT2D eigenvalue weighted by Gasteiger charge is -2.14. The Hall–Kier alpha value is -3.03. The molecular formula is C18H18ClN5O2. The molecule has 0 aliphatic rings. The summed E-state index contributed by atoms with van der Waals surface area (Å²) in [5.41, 5.74) is 2.32. The van der Waals surface area contributed by atoms with Gasteiger partial charge in [-0.15, -0.1) is 5.10 Å². The molecule has 0 aliphatic carbocycles. The highest BCUT2D eigenvalue weighted by molar-refractivity contribution is 6.30. The number of nitrogens with one attached hydrogen (secondary N) is 1. The van der Waals surface area contributed by atoms with Gasteiger partial charge in [0.15, 0.2) is 0 Å². The molecule has 0 bridgehead atoms. The van der Waals surface area contributed by atoms with E-state index in [9.17, 15) is 4.79 Å². The molecule has 0 unspecified atom stereocenters. The number of rotatable bonds is 5. The number of amides is 2. The first-order valence-electron chi connectivity index (χ1n) is 7.84. The average Bonchev–Trinajstić information content (AvgIpc) is 3.10. The highest BCUT2D eigenvalue weighted by atomic mass is 35.5. The molecule has 26 heavy (non-hydrogen) atoms. The third-order valence-electron chi connectivity index (χ3n) is 3.61. The first-order chi connectivity index (χ1) is 12.5. The molecule has 1 aromatic heterocycles. The number of para-hydroxylation sites is 1. The number of carbonyl (C=O) groups excluding carboxylic acids is 1. The Morgan fingerprint density at radius 3 is 2.69 bits per heavy atom. The van der Waals surface area contributed by atoms with Crippen LogP contribution in [0.4, 0.5) is 10.5 Å². The third kappa shape index (κ3) is 4.33. The van der Waals surface area contributed by atoms with Crippen LogP contribution in [0.15, 0.2) is 60.8 Å². The van der Waals surface area contributed by atoms with Gasteiger partial charge in [0.05, 0.1) is 5.69 Å². The molecule has 134 valence electrons. The second-order valence-corrected chi connectivity index (χ2v) is 6.00. The van der Waals surface area contributed by atoms with Gasteiger partial charge in [-0.05, 0) is 30.3 Å². The Morgan fingerprint density at radius 2 is 1.96 bits per heavy atom. The number of urea groups is 1. The Kier molecular flexibility index (Phi) is 5.40. The highest BCUT2D eigenvalue weighted by Gasteiger charge is 2.09. The summed E-state index contributed by atoms with van der Waals surface area (Å²) in [5, 5.41) is 8.75. The summed E-state index contributed by atoms with van der Waals surface area (Å²) in [4.78, 5) is 11.7. The van der Waals surface area contributed by atoms with Gasteiger partial charge >= 0.3 is 6.03 Å². The average molecular weight is 372 g/mol. The van der Waals surface area contributed by atoms with Crippen LogP contribution in [0.3, 0.4) is 0 Å². The number of anilines is 1. The minimum Gasteiger partial charge on any atom is -0.472 e. The van der Waals surface area contributed by atoms with E-state index >= 15 is 0 Å². The van der Waals surface area contributed by atoms with E-state index in [0.717, 1.165) is 16.3 Å². The van der Waals surface area contributed by atoms with E-state index in [1.165, 1.54) is 7.05 Å². The summed E-state index contributed by atoms with van der Waals surface area (Å²) in [5.74, 6) is 5.90. The van der Waals surface area contributed by atoms with E-state index in [4.69, 9.17) is 22.2 Å². The van der Waals surface area contributed by atoms with Crippen molar-refractivity contribution in [1.29, 1.82) is 0 Å². The largest absolute Gasteiger partial charge is 0.472 e. The van der Waals surface area contributed by atoms with Crippen LogP contribution in [0.1, 0.15) is 5.56 Å². The first kappa shape index (κ1) is 17.8. The molecule has 8 heteroatoms. The predicted molar refractivity (Wildman–Crippen MR) is 100 cm³/mol. The smallest absolute Gasteiger partial charge is 0.335 e. The zero-order valence-corrected chi connectivity index (χ0v) is 14.8. The molecule has 0 saturated carbocycles. The van der Waals surface area contributed by atoms with Gasteiger partial charge in [0.25, 0.3) is 0 Å². The molecule has 0 fully saturated rings. The Labute approximate surface area is 155 Å². The first-order valence-corrected chi connectivity index (χ1v) is 8.22. The van der Waals surface area contributed by atoms with Crippen molar-refractivity contribution in [1.82, 2.24) is 14.8 Å². The fourth-order valence-corrected chi connectivity index (χ4v) is 2.37. The van der Waals surface area contributed by atoms with Crippen molar-refractivity contribution in [3.8, 4) is 11.6 Å². The van der Waals surface area contributed by atoms with E-state index in [1.807, 2.05) is 30.3 Å². The minimum atomic E-state index is -0.413. The summed E-state index contributed by atoms with van der Waals surface area (Å²) in [6.07, 6.45) is 1.80. The van der Waals surface area contributed by atoms with Gasteiger partial charge in [-0.25, -0.2) is 15.3 Å². The van der Waals surface area contributed by atoms with Crippen LogP contribution in [0.25, 0.3) is 5.69 Å². The normalized spacial score (nSPS) is 10.4. The van der Waals surface area contributed by atoms with E-state index in [-0.39, 0.29) is 6.61 Å². The molecule has 7 nitrogen and oxygen atoms in total. The molecule has 0 radical (unpaired) electrons. The number of nitrogens with zero attached hydrogens (tertiary/aromatic N) is 3. The van der Waals surface area contributed by atoms with E-state index in [0.29, 0.717) is 16.6 Å². The van der Waals surface area contributed by atoms with Crippen molar-refractivity contribution in [2.75, 3.05) is 12.4 Å². The van der Waals surface area contributed by atoms with Gasteiger partial charge in [-0.2, -0.15) is 0 Å². The fraction of sp³-hybridized carbons (Fsp3) is 0.111. The second kappa shape index (κ2) is 7.90. The van der Waals surface area contributed by atoms with E-state index in [2.05, 4.69) is 10.4 Å². The van der Waals surface area contributed by atoms with Gasteiger partial charge < -0.3 is 10.1 Å². The van der Waals surface area contributed by atoms with Crippen molar-refractivity contribution in [2.24, 2.45) is 5.84 Å². The number of hydrazine groups is 1. The van der Waals surface area contributed by atoms with Gasteiger partial charge in [0.2, 0.25) is 5.88 Å². The van der Waals surface area contributed by atoms with Gasteiger partial charge in [0, 0.05) is 35.6 Å². The fourth-order valence-electron chi connectivity index (χ4n) is 2.25. The number of aromatic nitrogens is 2. The number of halogens is 1. The molecule has 3 rings (SSSR count). The number of hydrogen-bond acceptors (Lipinski definition) is 4. The maximum Gasteiger partial charge on any atom is 0.335 e. The number of carbonyl (C=O) groups is 1. The molecule has 1 heterocycles. The molecular weight excluding hydrogens is 354 g/mol. The molecule has 0 aliphatic heterocycles. The van der Waals surface area contributed by atoms with E-state index in [1.54, 1.807) is 35.1 Å². The highest BCUT2D eigenvalue weighted by Crippen LogP contribution is 2.19. The zero-order valence-electron chi connectivity index (χ0n) is 14.1. The van der Waals surface area contributed by atoms with Crippen LogP contribution in [-0.4, -0.2) is 27.9 Å². The summed E-state index contributed by atoms with van der Waals surface area (Å²) in [7, 11) is 1.47. The van der Waals surface area contributed by atoms with Crippen molar-refractivity contribution in [3.63, 3.8) is 0 Å². The quantitative estimate of drug-likeness (QED) is 0.408. The van der Waals surface area contributed by atoms with Crippen LogP contribution in [-0.2, 0) is 6.61 Å². The van der Waals surface area contributed by atoms with E-state index < -0.39 is 6.03 Å². The Balaban J connectivity index is 1.68. The lowest BCUT2D eigenvalue weighted by atomic mass is 10.2. The summed E-state index contributed by atoms with van der Waals surface area (Å²) >= 11 is 5.90. The van der Waals surface area contributed by atoms with Crippen molar-refractivity contribution >= 4 is 23.3 Å². The summed E-state index contributed by atoms with van der Waals surface area (Å²) < 4.78 is 7.44. The second-order valence-electron chi connectivity index (χ2n) is 5.56. The number of benzene rings is 2. The number of nitrogens with two attached hydrogens (primary N) is 1. The van der Waals surface area contributed by atoms with Gasteiger partial charge in [-0.1, -0.05) is 29.8 Å². The SMILES string of the molecule is CN(N)C(=O)Nc1ccccc1COc1ccn(-c2ccc(Cl)cc2)n1. The Bertz CT molecular complexity index is 893. The van der Waals surface area contributed by atoms with Crippen LogP contribution >= 0.6 is 11.6 Å². The third-order valence-corrected chi connectivity index (χ3v) is 3.86. The maximum absolute atomic E-state index is 11.7. The van der Waals surface area contributed by atoms with Gasteiger partial charge in [0.1, 0.15) is 6.61 Å². The Morgan fingerprint density at radius 1 is 1.23 bits per heavy atom. The molecule has 3 N–H and O–H groups in total. The predicted octanol–water partition coefficient (Wildman–Crippen LogP) is 3.44. The van der Waals surface area contributed by atoms with Gasteiger partial charge in [-0.3, -0.25) is 5.01 Å². The lowest BCUT2D eigenvalue weighted by molar-refractivity contribution is 0.223. The number of ether oxygens (including phenoxy) is 1. The van der Waals surface area contributed by atoms with Crippen LogP contribution in [0.2, 0.25) is 5.02 Å². The molecule has 3 aromatic rings. The zero-order chi connectivity index (χ0) is 18.5. The van der Waals surface area contributed by atoms with Crippen molar-refractivity contribution in [2.45, 2.75) is 6.61 Å². The standard InChI is InChI=1S/C18H18ClN5O2/c1-23(20)18(25)21-16-5-3-2-4-13(16)12-26-17-10-11-24(22-17)15-8-6-14(19)7-9-15/h2-11H,12,20H2,1H3,(H,21,25). The lowest BCUT2D eigenvalue weighted by Crippen LogP contribution is -2.37. The molecule has 0 spiro atoms. The molecule has 2 aromatic carbocycles. The summed E-state index contributed by atoms with van der Waals surface area (Å²) in [6.45, 7) is 0.252. The molecule has 2 amide bonds. The van der Waals surface area contributed by atoms with Crippen LogP contribution < -0.4 is 15.9 Å². The van der Waals surface area contributed by atoms with Crippen molar-refractivity contribution in [3.05, 3.63) is 71.4 Å². The van der Waals surface area contributed by atoms with Crippen LogP contribution in [0, 0.1) is 0 Å².